The fourth-order valence-electron chi connectivity index (χ4n) is 3.89. The van der Waals surface area contributed by atoms with E-state index >= 15 is 0 Å². The lowest BCUT2D eigenvalue weighted by Crippen LogP contribution is -2.13. The van der Waals surface area contributed by atoms with Gasteiger partial charge in [-0.05, 0) is 53.6 Å². The highest BCUT2D eigenvalue weighted by molar-refractivity contribution is 6.36. The third kappa shape index (κ3) is 4.11. The number of para-hydroxylation sites is 1. The van der Waals surface area contributed by atoms with Gasteiger partial charge >= 0.3 is 0 Å². The third-order valence-electron chi connectivity index (χ3n) is 5.53. The van der Waals surface area contributed by atoms with Crippen LogP contribution in [-0.4, -0.2) is 15.7 Å². The molecular formula is C27H19Cl2N3O. The molecule has 4 aromatic carbocycles. The summed E-state index contributed by atoms with van der Waals surface area (Å²) < 4.78 is 1.83. The second-order valence-electron chi connectivity index (χ2n) is 7.72. The lowest BCUT2D eigenvalue weighted by Gasteiger charge is -2.12. The molecule has 0 aliphatic heterocycles. The maximum atomic E-state index is 13.1. The summed E-state index contributed by atoms with van der Waals surface area (Å²) in [6.45, 7) is 2.02. The highest BCUT2D eigenvalue weighted by Crippen LogP contribution is 2.32. The van der Waals surface area contributed by atoms with Crippen molar-refractivity contribution in [2.75, 3.05) is 5.32 Å². The molecule has 4 nitrogen and oxygen atoms in total. The summed E-state index contributed by atoms with van der Waals surface area (Å²) in [7, 11) is 0. The quantitative estimate of drug-likeness (QED) is 0.293. The van der Waals surface area contributed by atoms with Crippen molar-refractivity contribution in [3.63, 3.8) is 0 Å². The molecule has 6 heteroatoms. The predicted octanol–water partition coefficient (Wildman–Crippen LogP) is 7.56. The lowest BCUT2D eigenvalue weighted by atomic mass is 10.0. The summed E-state index contributed by atoms with van der Waals surface area (Å²) in [6.07, 6.45) is 0. The Kier molecular flexibility index (Phi) is 5.63. The van der Waals surface area contributed by atoms with Gasteiger partial charge in [0.05, 0.1) is 22.1 Å². The second kappa shape index (κ2) is 8.74. The number of carbonyl (C=O) groups excluding carboxylic acids is 1. The number of aromatic nitrogens is 2. The van der Waals surface area contributed by atoms with Crippen molar-refractivity contribution in [3.8, 4) is 16.9 Å². The minimum Gasteiger partial charge on any atom is -0.319 e. The smallest absolute Gasteiger partial charge is 0.276 e. The van der Waals surface area contributed by atoms with E-state index in [2.05, 4.69) is 23.5 Å². The molecule has 0 atom stereocenters. The van der Waals surface area contributed by atoms with Gasteiger partial charge in [0.1, 0.15) is 0 Å². The van der Waals surface area contributed by atoms with Gasteiger partial charge in [0, 0.05) is 10.6 Å². The van der Waals surface area contributed by atoms with Crippen LogP contribution in [0.25, 0.3) is 27.7 Å². The molecule has 1 aromatic heterocycles. The molecule has 1 heterocycles. The molecule has 5 rings (SSSR count). The first kappa shape index (κ1) is 21.3. The molecule has 0 radical (unpaired) electrons. The normalized spacial score (nSPS) is 11.0. The molecule has 33 heavy (non-hydrogen) atoms. The van der Waals surface area contributed by atoms with Gasteiger partial charge in [-0.2, -0.15) is 5.10 Å². The second-order valence-corrected chi connectivity index (χ2v) is 8.56. The summed E-state index contributed by atoms with van der Waals surface area (Å²) in [4.78, 5) is 13.1. The van der Waals surface area contributed by atoms with E-state index in [0.29, 0.717) is 15.7 Å². The van der Waals surface area contributed by atoms with Gasteiger partial charge in [0.15, 0.2) is 5.69 Å². The molecule has 0 fully saturated rings. The largest absolute Gasteiger partial charge is 0.319 e. The Hall–Kier alpha value is -3.60. The average molecular weight is 472 g/mol. The highest BCUT2D eigenvalue weighted by Gasteiger charge is 2.19. The van der Waals surface area contributed by atoms with E-state index in [1.807, 2.05) is 66.2 Å². The fraction of sp³-hybridized carbons (Fsp3) is 0.0370. The minimum atomic E-state index is -0.354. The van der Waals surface area contributed by atoms with E-state index < -0.39 is 0 Å². The Morgan fingerprint density at radius 2 is 1.64 bits per heavy atom. The summed E-state index contributed by atoms with van der Waals surface area (Å²) in [6, 6.07) is 29.0. The molecule has 0 aliphatic carbocycles. The fourth-order valence-corrected chi connectivity index (χ4v) is 4.35. The van der Waals surface area contributed by atoms with Gasteiger partial charge in [0.2, 0.25) is 0 Å². The van der Waals surface area contributed by atoms with Crippen molar-refractivity contribution in [1.82, 2.24) is 9.78 Å². The number of rotatable bonds is 4. The van der Waals surface area contributed by atoms with Crippen LogP contribution in [0.3, 0.4) is 0 Å². The van der Waals surface area contributed by atoms with Crippen molar-refractivity contribution in [1.29, 1.82) is 0 Å². The van der Waals surface area contributed by atoms with Gasteiger partial charge in [0.25, 0.3) is 5.91 Å². The number of hydrogen-bond acceptors (Lipinski definition) is 2. The van der Waals surface area contributed by atoms with E-state index in [4.69, 9.17) is 28.3 Å². The van der Waals surface area contributed by atoms with Crippen LogP contribution < -0.4 is 5.32 Å². The maximum absolute atomic E-state index is 13.1. The van der Waals surface area contributed by atoms with Gasteiger partial charge in [-0.25, -0.2) is 4.68 Å². The number of aryl methyl sites for hydroxylation is 1. The molecule has 1 amide bonds. The molecule has 0 saturated heterocycles. The van der Waals surface area contributed by atoms with Crippen molar-refractivity contribution >= 4 is 45.6 Å². The number of nitrogens with zero attached hydrogens (tertiary/aromatic N) is 2. The molecule has 162 valence electrons. The Morgan fingerprint density at radius 3 is 2.45 bits per heavy atom. The predicted molar refractivity (Wildman–Crippen MR) is 136 cm³/mol. The van der Waals surface area contributed by atoms with Crippen LogP contribution in [0.4, 0.5) is 5.69 Å². The topological polar surface area (TPSA) is 46.9 Å². The van der Waals surface area contributed by atoms with Crippen molar-refractivity contribution in [3.05, 3.63) is 112 Å². The number of anilines is 1. The summed E-state index contributed by atoms with van der Waals surface area (Å²) in [5, 5.41) is 10.6. The van der Waals surface area contributed by atoms with Gasteiger partial charge in [-0.1, -0.05) is 83.9 Å². The Bertz CT molecular complexity index is 1500. The number of halogens is 2. The molecule has 0 spiro atoms. The molecule has 5 aromatic rings. The summed E-state index contributed by atoms with van der Waals surface area (Å²) in [5.74, 6) is -0.354. The molecule has 0 saturated carbocycles. The van der Waals surface area contributed by atoms with Crippen LogP contribution in [0.2, 0.25) is 10.0 Å². The van der Waals surface area contributed by atoms with Crippen molar-refractivity contribution in [2.24, 2.45) is 0 Å². The number of hydrogen-bond donors (Lipinski definition) is 1. The number of amides is 1. The standard InChI is InChI=1S/C27H19Cl2N3O/c1-17-7-2-5-12-25(17)32-26(21-11-6-9-18-8-3-4-10-20(18)21)16-24(31-32)27(33)30-23-14-13-19(28)15-22(23)29/h2-16H,1H3,(H,30,33). The van der Waals surface area contributed by atoms with Crippen LogP contribution in [0.15, 0.2) is 91.0 Å². The van der Waals surface area contributed by atoms with Crippen molar-refractivity contribution in [2.45, 2.75) is 6.92 Å². The van der Waals surface area contributed by atoms with Crippen molar-refractivity contribution < 1.29 is 4.79 Å². The molecule has 1 N–H and O–H groups in total. The molecule has 0 aliphatic rings. The summed E-state index contributed by atoms with van der Waals surface area (Å²) in [5.41, 5.74) is 4.54. The van der Waals surface area contributed by atoms with E-state index in [1.165, 1.54) is 0 Å². The van der Waals surface area contributed by atoms with E-state index in [9.17, 15) is 4.79 Å². The number of nitrogens with one attached hydrogen (secondary N) is 1. The SMILES string of the molecule is Cc1ccccc1-n1nc(C(=O)Nc2ccc(Cl)cc2Cl)cc1-c1cccc2ccccc12. The molecule has 0 bridgehead atoms. The Labute approximate surface area is 201 Å². The number of benzene rings is 4. The zero-order chi connectivity index (χ0) is 22.9. The zero-order valence-electron chi connectivity index (χ0n) is 17.7. The van der Waals surface area contributed by atoms with E-state index in [1.54, 1.807) is 18.2 Å². The Morgan fingerprint density at radius 1 is 0.879 bits per heavy atom. The van der Waals surface area contributed by atoms with E-state index in [-0.39, 0.29) is 11.6 Å². The monoisotopic (exact) mass is 471 g/mol. The molecule has 0 unspecified atom stereocenters. The average Bonchev–Trinajstić information content (AvgIpc) is 3.26. The van der Waals surface area contributed by atoms with Gasteiger partial charge in [-0.3, -0.25) is 4.79 Å². The molecular weight excluding hydrogens is 453 g/mol. The Balaban J connectivity index is 1.65. The first-order valence-corrected chi connectivity index (χ1v) is 11.2. The van der Waals surface area contributed by atoms with Gasteiger partial charge in [-0.15, -0.1) is 0 Å². The third-order valence-corrected chi connectivity index (χ3v) is 6.08. The van der Waals surface area contributed by atoms with Crippen LogP contribution >= 0.6 is 23.2 Å². The van der Waals surface area contributed by atoms with Crippen LogP contribution in [0.1, 0.15) is 16.1 Å². The van der Waals surface area contributed by atoms with E-state index in [0.717, 1.165) is 33.3 Å². The van der Waals surface area contributed by atoms with Crippen LogP contribution in [0, 0.1) is 6.92 Å². The maximum Gasteiger partial charge on any atom is 0.276 e. The first-order chi connectivity index (χ1) is 16.0. The zero-order valence-corrected chi connectivity index (χ0v) is 19.2. The first-order valence-electron chi connectivity index (χ1n) is 10.4. The highest BCUT2D eigenvalue weighted by atomic mass is 35.5. The summed E-state index contributed by atoms with van der Waals surface area (Å²) >= 11 is 12.2. The lowest BCUT2D eigenvalue weighted by molar-refractivity contribution is 0.102. The minimum absolute atomic E-state index is 0.284. The van der Waals surface area contributed by atoms with Gasteiger partial charge < -0.3 is 5.32 Å². The number of fused-ring (bicyclic) bond motifs is 1. The van der Waals surface area contributed by atoms with Crippen LogP contribution in [-0.2, 0) is 0 Å². The number of carbonyl (C=O) groups is 1. The van der Waals surface area contributed by atoms with Crippen LogP contribution in [0.5, 0.6) is 0 Å².